The van der Waals surface area contributed by atoms with Gasteiger partial charge in [0.05, 0.1) is 23.8 Å². The molecule has 1 saturated carbocycles. The molecule has 216 valence electrons. The Balaban J connectivity index is 0.00000370. The standard InChI is InChI=1S/C29H33F3N4O2S.ClH/c1-2-20-16-23(6-7-25(20)38-15-10-19-8-13-34-14-9-19)36-27(39)35(26(37)28(36)11-3-12-28)22-5-4-21(18-33)24(17-22)29(30,31)32;/h4-7,16-17,19,27,34,39H,2-3,8-15H2,1H3;1H. The topological polar surface area (TPSA) is 68.6 Å². The van der Waals surface area contributed by atoms with E-state index < -0.39 is 28.3 Å². The lowest BCUT2D eigenvalue weighted by molar-refractivity contribution is -0.137. The fourth-order valence-corrected chi connectivity index (χ4v) is 6.61. The zero-order valence-electron chi connectivity index (χ0n) is 22.3. The van der Waals surface area contributed by atoms with Crippen molar-refractivity contribution in [3.05, 3.63) is 53.1 Å². The number of hydrogen-bond donors (Lipinski definition) is 2. The minimum absolute atomic E-state index is 0. The molecule has 1 amide bonds. The van der Waals surface area contributed by atoms with Crippen LogP contribution in [0.1, 0.15) is 62.1 Å². The molecule has 40 heavy (non-hydrogen) atoms. The molecule has 5 rings (SSSR count). The van der Waals surface area contributed by atoms with Gasteiger partial charge in [0.2, 0.25) is 0 Å². The Kier molecular flexibility index (Phi) is 9.18. The van der Waals surface area contributed by atoms with E-state index in [0.29, 0.717) is 25.4 Å². The van der Waals surface area contributed by atoms with Crippen molar-refractivity contribution >= 4 is 42.3 Å². The molecule has 0 radical (unpaired) electrons. The number of anilines is 2. The van der Waals surface area contributed by atoms with Gasteiger partial charge < -0.3 is 15.0 Å². The second-order valence-corrected chi connectivity index (χ2v) is 11.1. The largest absolute Gasteiger partial charge is 0.493 e. The molecule has 1 atom stereocenters. The number of aryl methyl sites for hydroxylation is 1. The van der Waals surface area contributed by atoms with E-state index in [1.165, 1.54) is 11.0 Å². The van der Waals surface area contributed by atoms with Crippen LogP contribution in [0.5, 0.6) is 5.75 Å². The van der Waals surface area contributed by atoms with E-state index in [-0.39, 0.29) is 24.0 Å². The van der Waals surface area contributed by atoms with E-state index >= 15 is 0 Å². The fourth-order valence-electron chi connectivity index (χ4n) is 6.02. The van der Waals surface area contributed by atoms with Gasteiger partial charge in [0.15, 0.2) is 5.50 Å². The number of hydrogen-bond acceptors (Lipinski definition) is 6. The van der Waals surface area contributed by atoms with Crippen LogP contribution in [0.25, 0.3) is 0 Å². The summed E-state index contributed by atoms with van der Waals surface area (Å²) in [7, 11) is 0. The summed E-state index contributed by atoms with van der Waals surface area (Å²) in [6.45, 7) is 4.80. The summed E-state index contributed by atoms with van der Waals surface area (Å²) in [6.07, 6.45) is 1.38. The lowest BCUT2D eigenvalue weighted by Crippen LogP contribution is -2.55. The van der Waals surface area contributed by atoms with Crippen molar-refractivity contribution in [1.29, 1.82) is 5.26 Å². The minimum atomic E-state index is -4.72. The van der Waals surface area contributed by atoms with Crippen molar-refractivity contribution in [2.24, 2.45) is 5.92 Å². The number of thiol groups is 1. The summed E-state index contributed by atoms with van der Waals surface area (Å²) < 4.78 is 47.2. The molecule has 2 aromatic carbocycles. The van der Waals surface area contributed by atoms with Crippen molar-refractivity contribution in [2.75, 3.05) is 29.5 Å². The fraction of sp³-hybridized carbons (Fsp3) is 0.517. The van der Waals surface area contributed by atoms with Crippen LogP contribution < -0.4 is 19.9 Å². The molecule has 1 N–H and O–H groups in total. The molecule has 2 saturated heterocycles. The molecule has 3 aliphatic rings. The Morgan fingerprint density at radius 2 is 1.85 bits per heavy atom. The van der Waals surface area contributed by atoms with Gasteiger partial charge in [-0.2, -0.15) is 18.4 Å². The number of carbonyl (C=O) groups excluding carboxylic acids is 1. The van der Waals surface area contributed by atoms with Crippen LogP contribution in [0, 0.1) is 17.2 Å². The predicted molar refractivity (Wildman–Crippen MR) is 154 cm³/mol. The van der Waals surface area contributed by atoms with Crippen molar-refractivity contribution in [3.63, 3.8) is 0 Å². The first-order chi connectivity index (χ1) is 18.7. The highest BCUT2D eigenvalue weighted by Crippen LogP contribution is 2.51. The summed E-state index contributed by atoms with van der Waals surface area (Å²) >= 11 is 4.77. The molecule has 2 aliphatic heterocycles. The average molecular weight is 595 g/mol. The maximum atomic E-state index is 13.8. The zero-order chi connectivity index (χ0) is 27.8. The third-order valence-electron chi connectivity index (χ3n) is 8.37. The van der Waals surface area contributed by atoms with Crippen LogP contribution in [0.3, 0.4) is 0 Å². The molecule has 1 spiro atoms. The van der Waals surface area contributed by atoms with Gasteiger partial charge in [-0.15, -0.1) is 25.0 Å². The van der Waals surface area contributed by atoms with E-state index in [1.54, 1.807) is 6.07 Å². The Hall–Kier alpha value is -2.61. The lowest BCUT2D eigenvalue weighted by Gasteiger charge is -2.44. The SMILES string of the molecule is CCc1cc(N2C(S)N(c3ccc(C#N)c(C(F)(F)F)c3)C(=O)C23CCC3)ccc1OCCC1CCNCC1.Cl. The maximum Gasteiger partial charge on any atom is 0.417 e. The number of alkyl halides is 3. The maximum absolute atomic E-state index is 13.8. The Morgan fingerprint density at radius 1 is 1.15 bits per heavy atom. The third-order valence-corrected chi connectivity index (χ3v) is 8.84. The number of nitriles is 1. The second-order valence-electron chi connectivity index (χ2n) is 10.6. The summed E-state index contributed by atoms with van der Waals surface area (Å²) in [5, 5.41) is 12.6. The zero-order valence-corrected chi connectivity index (χ0v) is 24.0. The highest BCUT2D eigenvalue weighted by molar-refractivity contribution is 7.81. The number of piperidine rings is 1. The second kappa shape index (κ2) is 12.1. The number of carbonyl (C=O) groups is 1. The Morgan fingerprint density at radius 3 is 2.45 bits per heavy atom. The van der Waals surface area contributed by atoms with Crippen molar-refractivity contribution in [1.82, 2.24) is 5.32 Å². The van der Waals surface area contributed by atoms with Crippen LogP contribution in [-0.4, -0.2) is 36.6 Å². The van der Waals surface area contributed by atoms with Gasteiger partial charge in [-0.1, -0.05) is 6.92 Å². The Bertz CT molecular complexity index is 1270. The van der Waals surface area contributed by atoms with Crippen LogP contribution in [0.2, 0.25) is 0 Å². The summed E-state index contributed by atoms with van der Waals surface area (Å²) in [4.78, 5) is 17.1. The van der Waals surface area contributed by atoms with E-state index in [4.69, 9.17) is 17.4 Å². The van der Waals surface area contributed by atoms with Crippen molar-refractivity contribution < 1.29 is 22.7 Å². The van der Waals surface area contributed by atoms with Gasteiger partial charge in [0.1, 0.15) is 11.3 Å². The number of amides is 1. The quantitative estimate of drug-likeness (QED) is 0.367. The monoisotopic (exact) mass is 594 g/mol. The number of benzene rings is 2. The molecule has 1 unspecified atom stereocenters. The van der Waals surface area contributed by atoms with E-state index in [0.717, 1.165) is 74.3 Å². The number of rotatable bonds is 7. The van der Waals surface area contributed by atoms with Crippen molar-refractivity contribution in [2.45, 2.75) is 69.1 Å². The molecular formula is C29H34ClF3N4O2S. The molecule has 0 aromatic heterocycles. The molecule has 0 bridgehead atoms. The predicted octanol–water partition coefficient (Wildman–Crippen LogP) is 6.32. The lowest BCUT2D eigenvalue weighted by atomic mass is 9.75. The highest BCUT2D eigenvalue weighted by atomic mass is 35.5. The summed E-state index contributed by atoms with van der Waals surface area (Å²) in [5.74, 6) is 1.21. The van der Waals surface area contributed by atoms with Gasteiger partial charge in [-0.3, -0.25) is 9.69 Å². The van der Waals surface area contributed by atoms with Gasteiger partial charge in [-0.25, -0.2) is 0 Å². The molecular weight excluding hydrogens is 561 g/mol. The average Bonchev–Trinajstić information content (AvgIpc) is 3.15. The van der Waals surface area contributed by atoms with Crippen LogP contribution in [0.15, 0.2) is 36.4 Å². The molecule has 1 aliphatic carbocycles. The first-order valence-electron chi connectivity index (χ1n) is 13.6. The van der Waals surface area contributed by atoms with E-state index in [1.807, 2.05) is 30.0 Å². The van der Waals surface area contributed by atoms with Crippen LogP contribution >= 0.6 is 25.0 Å². The molecule has 2 aromatic rings. The summed E-state index contributed by atoms with van der Waals surface area (Å²) in [6, 6.07) is 10.8. The van der Waals surface area contributed by atoms with Crippen LogP contribution in [0.4, 0.5) is 24.5 Å². The third kappa shape index (κ3) is 5.48. The highest BCUT2D eigenvalue weighted by Gasteiger charge is 2.60. The first kappa shape index (κ1) is 30.4. The molecule has 11 heteroatoms. The van der Waals surface area contributed by atoms with Gasteiger partial charge >= 0.3 is 6.18 Å². The normalized spacial score (nSPS) is 20.7. The number of nitrogens with zero attached hydrogens (tertiary/aromatic N) is 3. The smallest absolute Gasteiger partial charge is 0.417 e. The van der Waals surface area contributed by atoms with Crippen LogP contribution in [-0.2, 0) is 17.4 Å². The van der Waals surface area contributed by atoms with E-state index in [9.17, 15) is 23.2 Å². The molecule has 2 heterocycles. The van der Waals surface area contributed by atoms with Gasteiger partial charge in [0, 0.05) is 11.4 Å². The minimum Gasteiger partial charge on any atom is -0.493 e. The summed E-state index contributed by atoms with van der Waals surface area (Å²) in [5.41, 5.74) is -1.32. The number of ether oxygens (including phenoxy) is 1. The Labute approximate surface area is 244 Å². The van der Waals surface area contributed by atoms with Gasteiger partial charge in [0.25, 0.3) is 5.91 Å². The number of nitrogens with one attached hydrogen (secondary N) is 1. The number of halogens is 4. The molecule has 3 fully saturated rings. The first-order valence-corrected chi connectivity index (χ1v) is 14.1. The van der Waals surface area contributed by atoms with Gasteiger partial charge in [-0.05, 0) is 106 Å². The molecule has 6 nitrogen and oxygen atoms in total. The van der Waals surface area contributed by atoms with Crippen molar-refractivity contribution in [3.8, 4) is 11.8 Å². The van der Waals surface area contributed by atoms with E-state index in [2.05, 4.69) is 5.32 Å².